The van der Waals surface area contributed by atoms with Crippen LogP contribution in [0, 0.1) is 0 Å². The number of aromatic nitrogens is 1. The van der Waals surface area contributed by atoms with Crippen LogP contribution >= 0.6 is 11.5 Å². The zero-order valence-electron chi connectivity index (χ0n) is 7.69. The summed E-state index contributed by atoms with van der Waals surface area (Å²) in [7, 11) is 0. The summed E-state index contributed by atoms with van der Waals surface area (Å²) < 4.78 is 9.88. The summed E-state index contributed by atoms with van der Waals surface area (Å²) in [6.07, 6.45) is 1.75. The molecule has 0 aliphatic rings. The third-order valence-corrected chi connectivity index (χ3v) is 2.73. The lowest BCUT2D eigenvalue weighted by Crippen LogP contribution is -2.04. The summed E-state index contributed by atoms with van der Waals surface area (Å²) >= 11 is 1.32. The van der Waals surface area contributed by atoms with Gasteiger partial charge in [-0.3, -0.25) is 0 Å². The smallest absolute Gasteiger partial charge is 0.339 e. The molecule has 2 aromatic rings. The Balaban J connectivity index is 2.50. The Morgan fingerprint density at radius 1 is 1.57 bits per heavy atom. The Kier molecular flexibility index (Phi) is 2.45. The van der Waals surface area contributed by atoms with Crippen molar-refractivity contribution in [2.45, 2.75) is 6.92 Å². The number of nitrogens with zero attached hydrogens (tertiary/aromatic N) is 1. The maximum Gasteiger partial charge on any atom is 0.339 e. The summed E-state index contributed by atoms with van der Waals surface area (Å²) in [5.74, 6) is -0.276. The van der Waals surface area contributed by atoms with E-state index >= 15 is 0 Å². The molecule has 72 valence electrons. The van der Waals surface area contributed by atoms with E-state index in [0.29, 0.717) is 12.2 Å². The van der Waals surface area contributed by atoms with Crippen molar-refractivity contribution in [2.24, 2.45) is 0 Å². The van der Waals surface area contributed by atoms with Crippen molar-refractivity contribution in [2.75, 3.05) is 6.61 Å². The second-order valence-electron chi connectivity index (χ2n) is 2.77. The minimum Gasteiger partial charge on any atom is -0.462 e. The Hall–Kier alpha value is -1.42. The minimum atomic E-state index is -0.276. The number of carbonyl (C=O) groups is 1. The maximum absolute atomic E-state index is 11.5. The number of hydrogen-bond acceptors (Lipinski definition) is 4. The van der Waals surface area contributed by atoms with Crippen LogP contribution in [0.25, 0.3) is 10.1 Å². The van der Waals surface area contributed by atoms with E-state index in [-0.39, 0.29) is 5.97 Å². The summed E-state index contributed by atoms with van der Waals surface area (Å²) in [6, 6.07) is 5.53. The number of carbonyl (C=O) groups excluding carboxylic acids is 1. The van der Waals surface area contributed by atoms with Crippen molar-refractivity contribution in [3.8, 4) is 0 Å². The lowest BCUT2D eigenvalue weighted by Gasteiger charge is -2.01. The van der Waals surface area contributed by atoms with E-state index in [2.05, 4.69) is 4.37 Å². The van der Waals surface area contributed by atoms with Gasteiger partial charge in [-0.15, -0.1) is 0 Å². The Morgan fingerprint density at radius 2 is 2.43 bits per heavy atom. The zero-order chi connectivity index (χ0) is 9.97. The van der Waals surface area contributed by atoms with Gasteiger partial charge in [-0.05, 0) is 24.5 Å². The average molecular weight is 207 g/mol. The lowest BCUT2D eigenvalue weighted by molar-refractivity contribution is 0.0529. The molecule has 3 nitrogen and oxygen atoms in total. The number of fused-ring (bicyclic) bond motifs is 1. The molecule has 0 N–H and O–H groups in total. The molecule has 0 spiro atoms. The molecule has 0 unspecified atom stereocenters. The summed E-state index contributed by atoms with van der Waals surface area (Å²) in [6.45, 7) is 2.19. The first kappa shape index (κ1) is 9.15. The molecule has 0 saturated heterocycles. The van der Waals surface area contributed by atoms with E-state index in [1.54, 1.807) is 19.2 Å². The number of rotatable bonds is 2. The molecular weight excluding hydrogens is 198 g/mol. The molecule has 0 aliphatic carbocycles. The monoisotopic (exact) mass is 207 g/mol. The highest BCUT2D eigenvalue weighted by Gasteiger charge is 2.11. The maximum atomic E-state index is 11.5. The fraction of sp³-hybridized carbons (Fsp3) is 0.200. The lowest BCUT2D eigenvalue weighted by atomic mass is 10.2. The van der Waals surface area contributed by atoms with Crippen LogP contribution in [0.5, 0.6) is 0 Å². The number of hydrogen-bond donors (Lipinski definition) is 0. The van der Waals surface area contributed by atoms with Crippen molar-refractivity contribution in [3.63, 3.8) is 0 Å². The van der Waals surface area contributed by atoms with Crippen molar-refractivity contribution in [3.05, 3.63) is 30.0 Å². The second-order valence-corrected chi connectivity index (χ2v) is 3.57. The fourth-order valence-corrected chi connectivity index (χ4v) is 2.01. The number of ether oxygens (including phenoxy) is 1. The van der Waals surface area contributed by atoms with Gasteiger partial charge in [0.1, 0.15) is 0 Å². The van der Waals surface area contributed by atoms with Crippen molar-refractivity contribution >= 4 is 27.6 Å². The number of benzene rings is 1. The van der Waals surface area contributed by atoms with Gasteiger partial charge in [0, 0.05) is 11.6 Å². The molecule has 0 amide bonds. The third kappa shape index (κ3) is 1.48. The summed E-state index contributed by atoms with van der Waals surface area (Å²) in [4.78, 5) is 11.5. The Labute approximate surface area is 85.5 Å². The van der Waals surface area contributed by atoms with Gasteiger partial charge < -0.3 is 4.74 Å². The van der Waals surface area contributed by atoms with Crippen molar-refractivity contribution < 1.29 is 9.53 Å². The van der Waals surface area contributed by atoms with Crippen LogP contribution in [0.2, 0.25) is 0 Å². The van der Waals surface area contributed by atoms with E-state index < -0.39 is 0 Å². The van der Waals surface area contributed by atoms with Crippen LogP contribution < -0.4 is 0 Å². The van der Waals surface area contributed by atoms with E-state index in [9.17, 15) is 4.79 Å². The average Bonchev–Trinajstić information content (AvgIpc) is 2.65. The zero-order valence-corrected chi connectivity index (χ0v) is 8.50. The molecule has 1 aromatic carbocycles. The molecular formula is C10H9NO2S. The Bertz CT molecular complexity index is 464. The van der Waals surface area contributed by atoms with Gasteiger partial charge >= 0.3 is 5.97 Å². The first-order valence-corrected chi connectivity index (χ1v) is 5.11. The molecule has 1 heterocycles. The highest BCUT2D eigenvalue weighted by molar-refractivity contribution is 7.13. The van der Waals surface area contributed by atoms with Crippen LogP contribution in [0.15, 0.2) is 24.4 Å². The summed E-state index contributed by atoms with van der Waals surface area (Å²) in [5, 5.41) is 0.987. The molecule has 0 aliphatic heterocycles. The standard InChI is InChI=1S/C10H9NO2S/c1-2-13-10(12)8-5-3-4-7-6-11-14-9(7)8/h3-6H,2H2,1H3. The van der Waals surface area contributed by atoms with Crippen molar-refractivity contribution in [1.29, 1.82) is 0 Å². The van der Waals surface area contributed by atoms with Crippen LogP contribution in [-0.2, 0) is 4.74 Å². The van der Waals surface area contributed by atoms with E-state index in [4.69, 9.17) is 4.74 Å². The number of esters is 1. The molecule has 0 radical (unpaired) electrons. The van der Waals surface area contributed by atoms with Crippen LogP contribution in [-0.4, -0.2) is 16.9 Å². The predicted octanol–water partition coefficient (Wildman–Crippen LogP) is 2.47. The van der Waals surface area contributed by atoms with Gasteiger partial charge in [-0.2, -0.15) is 4.37 Å². The van der Waals surface area contributed by atoms with E-state index in [1.807, 2.05) is 12.1 Å². The van der Waals surface area contributed by atoms with Crippen LogP contribution in [0.4, 0.5) is 0 Å². The highest BCUT2D eigenvalue weighted by Crippen LogP contribution is 2.22. The third-order valence-electron chi connectivity index (χ3n) is 1.88. The highest BCUT2D eigenvalue weighted by atomic mass is 32.1. The molecule has 1 aromatic heterocycles. The van der Waals surface area contributed by atoms with Crippen LogP contribution in [0.1, 0.15) is 17.3 Å². The normalized spacial score (nSPS) is 10.4. The Morgan fingerprint density at radius 3 is 3.21 bits per heavy atom. The quantitative estimate of drug-likeness (QED) is 0.710. The van der Waals surface area contributed by atoms with E-state index in [1.165, 1.54) is 11.5 Å². The molecule has 4 heteroatoms. The largest absolute Gasteiger partial charge is 0.462 e. The molecule has 2 rings (SSSR count). The summed E-state index contributed by atoms with van der Waals surface area (Å²) in [5.41, 5.74) is 0.604. The second kappa shape index (κ2) is 3.75. The van der Waals surface area contributed by atoms with Gasteiger partial charge in [-0.25, -0.2) is 4.79 Å². The SMILES string of the molecule is CCOC(=O)c1cccc2cnsc12. The first-order valence-electron chi connectivity index (χ1n) is 4.33. The predicted molar refractivity (Wildman–Crippen MR) is 55.6 cm³/mol. The molecule has 0 atom stereocenters. The topological polar surface area (TPSA) is 39.2 Å². The first-order chi connectivity index (χ1) is 6.83. The van der Waals surface area contributed by atoms with Gasteiger partial charge in [0.2, 0.25) is 0 Å². The van der Waals surface area contributed by atoms with Gasteiger partial charge in [0.05, 0.1) is 16.9 Å². The fourth-order valence-electron chi connectivity index (χ4n) is 1.26. The van der Waals surface area contributed by atoms with Gasteiger partial charge in [0.25, 0.3) is 0 Å². The van der Waals surface area contributed by atoms with Crippen LogP contribution in [0.3, 0.4) is 0 Å². The molecule has 0 saturated carbocycles. The molecule has 14 heavy (non-hydrogen) atoms. The van der Waals surface area contributed by atoms with E-state index in [0.717, 1.165) is 10.1 Å². The molecule has 0 bridgehead atoms. The molecule has 0 fully saturated rings. The minimum absolute atomic E-state index is 0.276. The van der Waals surface area contributed by atoms with Gasteiger partial charge in [0.15, 0.2) is 0 Å². The van der Waals surface area contributed by atoms with Gasteiger partial charge in [-0.1, -0.05) is 12.1 Å². The van der Waals surface area contributed by atoms with Crippen molar-refractivity contribution in [1.82, 2.24) is 4.37 Å².